The Balaban J connectivity index is 1.19. The Bertz CT molecular complexity index is 1580. The molecule has 0 bridgehead atoms. The summed E-state index contributed by atoms with van der Waals surface area (Å²) in [4.78, 5) is 20.2. The molecule has 0 radical (unpaired) electrons. The number of anilines is 1. The third-order valence-electron chi connectivity index (χ3n) is 8.50. The third kappa shape index (κ3) is 5.99. The molecular formula is C34H36ClN3O3. The van der Waals surface area contributed by atoms with Crippen LogP contribution in [0.25, 0.3) is 16.5 Å². The predicted octanol–water partition coefficient (Wildman–Crippen LogP) is 8.16. The molecule has 0 unspecified atom stereocenters. The first-order valence-corrected chi connectivity index (χ1v) is 14.9. The maximum absolute atomic E-state index is 12.1. The van der Waals surface area contributed by atoms with Crippen LogP contribution in [0, 0.1) is 6.92 Å². The lowest BCUT2D eigenvalue weighted by Gasteiger charge is -2.37. The minimum atomic E-state index is -0.990. The molecule has 1 aliphatic heterocycles. The summed E-state index contributed by atoms with van der Waals surface area (Å²) in [6.07, 6.45) is 7.94. The van der Waals surface area contributed by atoms with Gasteiger partial charge in [-0.25, -0.2) is 4.79 Å². The molecule has 7 heteroatoms. The van der Waals surface area contributed by atoms with E-state index < -0.39 is 5.97 Å². The number of aromatic nitrogens is 1. The van der Waals surface area contributed by atoms with Crippen molar-refractivity contribution >= 4 is 39.7 Å². The summed E-state index contributed by atoms with van der Waals surface area (Å²) in [6.45, 7) is 6.64. The van der Waals surface area contributed by atoms with Crippen molar-refractivity contribution < 1.29 is 14.6 Å². The number of aromatic carboxylic acids is 1. The number of piperazine rings is 1. The number of allylic oxidation sites excluding steroid dienone is 1. The topological polar surface area (TPSA) is 68.8 Å². The van der Waals surface area contributed by atoms with E-state index in [9.17, 15) is 9.90 Å². The van der Waals surface area contributed by atoms with Gasteiger partial charge < -0.3 is 19.7 Å². The summed E-state index contributed by atoms with van der Waals surface area (Å²) in [7, 11) is 0. The standard InChI is InChI=1S/C34H36ClN3O3/c1-23-32(14-12-30(34(39)40)33(23)41-28-11-13-31-25(21-28)15-16-36-31)38-19-17-37(18-20-38)22-26-5-3-2-4-6-29(26)24-7-9-27(35)10-8-24/h7-16,21,36H,2-6,17-20,22H2,1H3,(H,39,40). The van der Waals surface area contributed by atoms with E-state index >= 15 is 0 Å². The first kappa shape index (κ1) is 27.4. The van der Waals surface area contributed by atoms with Gasteiger partial charge >= 0.3 is 5.97 Å². The van der Waals surface area contributed by atoms with Crippen molar-refractivity contribution in [3.8, 4) is 11.5 Å². The van der Waals surface area contributed by atoms with E-state index in [0.29, 0.717) is 11.5 Å². The molecule has 3 aromatic carbocycles. The number of H-pyrrole nitrogens is 1. The molecule has 0 amide bonds. The molecule has 6 nitrogen and oxygen atoms in total. The van der Waals surface area contributed by atoms with E-state index in [1.54, 1.807) is 11.6 Å². The highest BCUT2D eigenvalue weighted by Crippen LogP contribution is 2.37. The van der Waals surface area contributed by atoms with Crippen LogP contribution in [-0.2, 0) is 0 Å². The van der Waals surface area contributed by atoms with Gasteiger partial charge in [0.1, 0.15) is 17.1 Å². The highest BCUT2D eigenvalue weighted by Gasteiger charge is 2.25. The zero-order valence-corrected chi connectivity index (χ0v) is 24.2. The van der Waals surface area contributed by atoms with Crippen LogP contribution in [-0.4, -0.2) is 53.7 Å². The van der Waals surface area contributed by atoms with Gasteiger partial charge in [-0.2, -0.15) is 0 Å². The first-order valence-electron chi connectivity index (χ1n) is 14.5. The molecule has 0 spiro atoms. The lowest BCUT2D eigenvalue weighted by atomic mass is 9.95. The molecule has 1 saturated heterocycles. The second-order valence-electron chi connectivity index (χ2n) is 11.1. The zero-order valence-electron chi connectivity index (χ0n) is 23.5. The summed E-state index contributed by atoms with van der Waals surface area (Å²) < 4.78 is 6.26. The Labute approximate surface area is 246 Å². The molecule has 1 aromatic heterocycles. The van der Waals surface area contributed by atoms with Crippen molar-refractivity contribution in [2.45, 2.75) is 39.0 Å². The van der Waals surface area contributed by atoms with Crippen molar-refractivity contribution in [1.82, 2.24) is 9.88 Å². The number of rotatable bonds is 7. The molecule has 1 fully saturated rings. The fourth-order valence-corrected chi connectivity index (χ4v) is 6.40. The minimum absolute atomic E-state index is 0.175. The quantitative estimate of drug-likeness (QED) is 0.235. The normalized spacial score (nSPS) is 16.7. The molecule has 0 atom stereocenters. The van der Waals surface area contributed by atoms with Crippen LogP contribution in [0.5, 0.6) is 11.5 Å². The monoisotopic (exact) mass is 569 g/mol. The summed E-state index contributed by atoms with van der Waals surface area (Å²) in [6, 6.07) is 19.7. The molecule has 2 heterocycles. The number of aromatic amines is 1. The van der Waals surface area contributed by atoms with Crippen molar-refractivity contribution in [1.29, 1.82) is 0 Å². The lowest BCUT2D eigenvalue weighted by Crippen LogP contribution is -2.47. The van der Waals surface area contributed by atoms with Crippen LogP contribution in [0.2, 0.25) is 5.02 Å². The fourth-order valence-electron chi connectivity index (χ4n) is 6.27. The minimum Gasteiger partial charge on any atom is -0.478 e. The van der Waals surface area contributed by atoms with Crippen LogP contribution >= 0.6 is 11.6 Å². The zero-order chi connectivity index (χ0) is 28.3. The maximum Gasteiger partial charge on any atom is 0.339 e. The Morgan fingerprint density at radius 1 is 0.951 bits per heavy atom. The number of hydrogen-bond acceptors (Lipinski definition) is 4. The summed E-state index contributed by atoms with van der Waals surface area (Å²) >= 11 is 6.17. The Morgan fingerprint density at radius 3 is 2.51 bits per heavy atom. The summed E-state index contributed by atoms with van der Waals surface area (Å²) in [5, 5.41) is 11.7. The number of ether oxygens (including phenoxy) is 1. The van der Waals surface area contributed by atoms with Gasteiger partial charge in [-0.15, -0.1) is 0 Å². The SMILES string of the molecule is Cc1c(N2CCN(CC3=C(c4ccc(Cl)cc4)CCCCC3)CC2)ccc(C(=O)O)c1Oc1ccc2[nH]ccc2c1. The van der Waals surface area contributed by atoms with Gasteiger partial charge in [-0.1, -0.05) is 35.7 Å². The highest BCUT2D eigenvalue weighted by atomic mass is 35.5. The van der Waals surface area contributed by atoms with Gasteiger partial charge in [-0.05, 0) is 92.3 Å². The van der Waals surface area contributed by atoms with Gasteiger partial charge in [-0.3, -0.25) is 4.90 Å². The Hall–Kier alpha value is -3.74. The van der Waals surface area contributed by atoms with E-state index in [2.05, 4.69) is 26.9 Å². The number of carboxylic acid groups (broad SMARTS) is 1. The van der Waals surface area contributed by atoms with E-state index in [1.807, 2.05) is 55.6 Å². The fraction of sp³-hybridized carbons (Fsp3) is 0.324. The van der Waals surface area contributed by atoms with Gasteiger partial charge in [0.2, 0.25) is 0 Å². The molecule has 0 saturated carbocycles. The predicted molar refractivity (Wildman–Crippen MR) is 167 cm³/mol. The van der Waals surface area contributed by atoms with Crippen molar-refractivity contribution in [2.75, 3.05) is 37.6 Å². The van der Waals surface area contributed by atoms with E-state index in [-0.39, 0.29) is 5.56 Å². The van der Waals surface area contributed by atoms with Gasteiger partial charge in [0, 0.05) is 66.1 Å². The number of benzene rings is 3. The maximum atomic E-state index is 12.1. The highest BCUT2D eigenvalue weighted by molar-refractivity contribution is 6.30. The lowest BCUT2D eigenvalue weighted by molar-refractivity contribution is 0.0694. The molecule has 41 heavy (non-hydrogen) atoms. The molecule has 4 aromatic rings. The van der Waals surface area contributed by atoms with Gasteiger partial charge in [0.15, 0.2) is 0 Å². The number of fused-ring (bicyclic) bond motifs is 1. The number of halogens is 1. The number of hydrogen-bond donors (Lipinski definition) is 2. The smallest absolute Gasteiger partial charge is 0.339 e. The van der Waals surface area contributed by atoms with Gasteiger partial charge in [0.25, 0.3) is 0 Å². The van der Waals surface area contributed by atoms with Crippen LogP contribution < -0.4 is 9.64 Å². The third-order valence-corrected chi connectivity index (χ3v) is 8.76. The van der Waals surface area contributed by atoms with Crippen LogP contribution in [0.3, 0.4) is 0 Å². The number of nitrogens with zero attached hydrogens (tertiary/aromatic N) is 2. The average molecular weight is 570 g/mol. The van der Waals surface area contributed by atoms with Crippen molar-refractivity contribution in [3.05, 3.63) is 94.1 Å². The molecule has 212 valence electrons. The molecule has 2 N–H and O–H groups in total. The van der Waals surface area contributed by atoms with Crippen molar-refractivity contribution in [3.63, 3.8) is 0 Å². The largest absolute Gasteiger partial charge is 0.478 e. The Kier molecular flexibility index (Phi) is 8.04. The van der Waals surface area contributed by atoms with Crippen LogP contribution in [0.15, 0.2) is 72.4 Å². The number of carbonyl (C=O) groups is 1. The number of nitrogens with one attached hydrogen (secondary N) is 1. The summed E-state index contributed by atoms with van der Waals surface area (Å²) in [5.74, 6) is 0.0386. The van der Waals surface area contributed by atoms with Crippen molar-refractivity contribution in [2.24, 2.45) is 0 Å². The van der Waals surface area contributed by atoms with E-state index in [1.165, 1.54) is 30.4 Å². The second-order valence-corrected chi connectivity index (χ2v) is 11.6. The molecule has 2 aliphatic rings. The van der Waals surface area contributed by atoms with Crippen LogP contribution in [0.4, 0.5) is 5.69 Å². The number of carboxylic acids is 1. The van der Waals surface area contributed by atoms with E-state index in [0.717, 1.165) is 72.7 Å². The first-order chi connectivity index (χ1) is 20.0. The van der Waals surface area contributed by atoms with Crippen LogP contribution in [0.1, 0.15) is 53.6 Å². The summed E-state index contributed by atoms with van der Waals surface area (Å²) in [5.41, 5.74) is 7.44. The molecule has 6 rings (SSSR count). The molecular weight excluding hydrogens is 534 g/mol. The second kappa shape index (κ2) is 12.0. The molecule has 1 aliphatic carbocycles. The Morgan fingerprint density at radius 2 is 1.73 bits per heavy atom. The van der Waals surface area contributed by atoms with E-state index in [4.69, 9.17) is 16.3 Å². The van der Waals surface area contributed by atoms with Gasteiger partial charge in [0.05, 0.1) is 0 Å². The average Bonchev–Trinajstić information content (AvgIpc) is 3.32.